The van der Waals surface area contributed by atoms with Gasteiger partial charge in [0.2, 0.25) is 11.8 Å². The van der Waals surface area contributed by atoms with Crippen LogP contribution in [0.3, 0.4) is 0 Å². The van der Waals surface area contributed by atoms with Gasteiger partial charge in [-0.15, -0.1) is 0 Å². The molecule has 0 aliphatic carbocycles. The molecule has 268 valence electrons. The van der Waals surface area contributed by atoms with Gasteiger partial charge in [0.05, 0.1) is 25.6 Å². The molecule has 0 fully saturated rings. The first-order valence-corrected chi connectivity index (χ1v) is 18.6. The summed E-state index contributed by atoms with van der Waals surface area (Å²) >= 11 is 0. The van der Waals surface area contributed by atoms with Crippen molar-refractivity contribution in [1.29, 1.82) is 0 Å². The maximum Gasteiger partial charge on any atom is 0.227 e. The fourth-order valence-electron chi connectivity index (χ4n) is 8.35. The predicted octanol–water partition coefficient (Wildman–Crippen LogP) is 8.52. The Bertz CT molecular complexity index is 2440. The molecule has 0 saturated heterocycles. The zero-order valence-electron chi connectivity index (χ0n) is 30.5. The molecule has 4 aliphatic heterocycles. The molecule has 0 saturated carbocycles. The van der Waals surface area contributed by atoms with E-state index in [1.807, 2.05) is 64.9 Å². The summed E-state index contributed by atoms with van der Waals surface area (Å²) in [6, 6.07) is 29.3. The van der Waals surface area contributed by atoms with E-state index in [0.717, 1.165) is 95.0 Å². The summed E-state index contributed by atoms with van der Waals surface area (Å²) in [4.78, 5) is 37.1. The molecule has 6 heterocycles. The molecule has 8 nitrogen and oxygen atoms in total. The summed E-state index contributed by atoms with van der Waals surface area (Å²) in [6.07, 6.45) is 12.4. The van der Waals surface area contributed by atoms with Crippen LogP contribution in [0, 0.1) is 0 Å². The van der Waals surface area contributed by atoms with Crippen LogP contribution in [0.5, 0.6) is 11.5 Å². The highest BCUT2D eigenvalue weighted by Crippen LogP contribution is 2.42. The maximum atomic E-state index is 12.1. The first-order chi connectivity index (χ1) is 26.4. The fraction of sp³-hybridized carbons (Fsp3) is 0.217. The van der Waals surface area contributed by atoms with Gasteiger partial charge < -0.3 is 19.3 Å². The molecule has 54 heavy (non-hydrogen) atoms. The summed E-state index contributed by atoms with van der Waals surface area (Å²) < 4.78 is 10.6. The second-order valence-corrected chi connectivity index (χ2v) is 14.3. The highest BCUT2D eigenvalue weighted by Gasteiger charge is 2.32. The number of aromatic nitrogens is 2. The summed E-state index contributed by atoms with van der Waals surface area (Å²) in [5.74, 6) is 2.21. The lowest BCUT2D eigenvalue weighted by Crippen LogP contribution is -2.32. The molecule has 0 radical (unpaired) electrons. The largest absolute Gasteiger partial charge is 0.497 e. The number of carbonyl (C=O) groups is 2. The monoisotopic (exact) mass is 712 g/mol. The number of carbonyl (C=O) groups excluding carboxylic acids is 2. The smallest absolute Gasteiger partial charge is 0.227 e. The van der Waals surface area contributed by atoms with Crippen molar-refractivity contribution in [2.24, 2.45) is 0 Å². The summed E-state index contributed by atoms with van der Waals surface area (Å²) in [5.41, 5.74) is 16.4. The first kappa shape index (κ1) is 33.5. The summed E-state index contributed by atoms with van der Waals surface area (Å²) in [6.45, 7) is 1.63. The molecule has 6 aromatic rings. The molecule has 2 aromatic heterocycles. The minimum atomic E-state index is 0.260. The predicted molar refractivity (Wildman–Crippen MR) is 212 cm³/mol. The number of ether oxygens (including phenoxy) is 2. The molecule has 4 aliphatic rings. The molecule has 4 aromatic carbocycles. The Balaban J connectivity index is 0.000000142. The number of rotatable bonds is 6. The third-order valence-corrected chi connectivity index (χ3v) is 11.1. The van der Waals surface area contributed by atoms with Crippen molar-refractivity contribution in [1.82, 2.24) is 9.97 Å². The van der Waals surface area contributed by atoms with Gasteiger partial charge >= 0.3 is 0 Å². The second kappa shape index (κ2) is 13.9. The van der Waals surface area contributed by atoms with Crippen molar-refractivity contribution in [2.45, 2.75) is 38.5 Å². The molecular weight excluding hydrogens is 673 g/mol. The molecular formula is C46H40N4O4. The molecule has 0 unspecified atom stereocenters. The molecule has 0 spiro atoms. The van der Waals surface area contributed by atoms with Crippen LogP contribution in [0.15, 0.2) is 110 Å². The normalized spacial score (nSPS) is 15.0. The van der Waals surface area contributed by atoms with Crippen LogP contribution in [-0.4, -0.2) is 49.1 Å². The number of hydrogen-bond donors (Lipinski definition) is 0. The lowest BCUT2D eigenvalue weighted by atomic mass is 9.93. The van der Waals surface area contributed by atoms with E-state index in [-0.39, 0.29) is 11.8 Å². The standard InChI is InChI=1S/2C23H20N2O2/c1-27-21-5-2-15(3-6-21)19-12-20(14-24-13-19)18-10-16-4-7-22(26)25-9-8-17(11-18)23(16)25;1-27-21-4-2-3-15(12-21)19-11-20(14-24-13-19)18-9-16-5-6-22(26)25-8-7-17(10-18)23(16)25/h2-3,5-6,10-14H,4,7-9H2,1H3;2-4,9-14H,5-8H2,1H3. The Labute approximate surface area is 315 Å². The molecule has 0 bridgehead atoms. The van der Waals surface area contributed by atoms with Crippen molar-refractivity contribution >= 4 is 23.2 Å². The summed E-state index contributed by atoms with van der Waals surface area (Å²) in [5, 5.41) is 0. The Morgan fingerprint density at radius 1 is 0.444 bits per heavy atom. The van der Waals surface area contributed by atoms with Gasteiger partial charge in [0.25, 0.3) is 0 Å². The van der Waals surface area contributed by atoms with E-state index in [1.165, 1.54) is 33.4 Å². The number of nitrogens with zero attached hydrogens (tertiary/aromatic N) is 4. The number of aryl methyl sites for hydroxylation is 2. The molecule has 0 atom stereocenters. The number of hydrogen-bond acceptors (Lipinski definition) is 6. The quantitative estimate of drug-likeness (QED) is 0.172. The van der Waals surface area contributed by atoms with E-state index in [9.17, 15) is 9.59 Å². The number of amides is 2. The Kier molecular flexibility index (Phi) is 8.66. The van der Waals surface area contributed by atoms with E-state index < -0.39 is 0 Å². The van der Waals surface area contributed by atoms with E-state index >= 15 is 0 Å². The van der Waals surface area contributed by atoms with Gasteiger partial charge in [0.15, 0.2) is 0 Å². The maximum absolute atomic E-state index is 12.1. The first-order valence-electron chi connectivity index (χ1n) is 18.6. The minimum absolute atomic E-state index is 0.260. The average Bonchev–Trinajstić information content (AvgIpc) is 3.88. The Morgan fingerprint density at radius 2 is 0.907 bits per heavy atom. The Hall–Kier alpha value is -6.28. The van der Waals surface area contributed by atoms with Gasteiger partial charge in [0, 0.05) is 73.0 Å². The van der Waals surface area contributed by atoms with Gasteiger partial charge in [0.1, 0.15) is 11.5 Å². The topological polar surface area (TPSA) is 84.9 Å². The van der Waals surface area contributed by atoms with Crippen LogP contribution < -0.4 is 19.3 Å². The minimum Gasteiger partial charge on any atom is -0.497 e. The van der Waals surface area contributed by atoms with E-state index in [0.29, 0.717) is 12.8 Å². The van der Waals surface area contributed by atoms with Crippen LogP contribution >= 0.6 is 0 Å². The van der Waals surface area contributed by atoms with Crippen LogP contribution in [-0.2, 0) is 35.3 Å². The molecule has 8 heteroatoms. The third kappa shape index (κ3) is 6.17. The van der Waals surface area contributed by atoms with E-state index in [2.05, 4.69) is 64.6 Å². The second-order valence-electron chi connectivity index (χ2n) is 14.3. The van der Waals surface area contributed by atoms with E-state index in [1.54, 1.807) is 14.2 Å². The SMILES string of the molecule is COc1ccc(-c2cncc(-c3cc4c5c(c3)CCN5C(=O)CC4)c2)cc1.COc1cccc(-c2cncc(-c3cc4c5c(c3)CCN5C(=O)CC4)c2)c1. The van der Waals surface area contributed by atoms with Gasteiger partial charge in [-0.1, -0.05) is 24.3 Å². The van der Waals surface area contributed by atoms with Gasteiger partial charge in [-0.05, 0) is 131 Å². The zero-order chi connectivity index (χ0) is 36.8. The number of anilines is 2. The van der Waals surface area contributed by atoms with Crippen molar-refractivity contribution in [3.8, 4) is 56.0 Å². The van der Waals surface area contributed by atoms with Crippen molar-refractivity contribution < 1.29 is 19.1 Å². The fourth-order valence-corrected chi connectivity index (χ4v) is 8.35. The highest BCUT2D eigenvalue weighted by atomic mass is 16.5. The van der Waals surface area contributed by atoms with Crippen molar-refractivity contribution in [3.63, 3.8) is 0 Å². The van der Waals surface area contributed by atoms with Crippen molar-refractivity contribution in [2.75, 3.05) is 37.1 Å². The van der Waals surface area contributed by atoms with Gasteiger partial charge in [-0.2, -0.15) is 0 Å². The van der Waals surface area contributed by atoms with Crippen molar-refractivity contribution in [3.05, 3.63) is 132 Å². The number of benzene rings is 4. The lowest BCUT2D eigenvalue weighted by Gasteiger charge is -2.25. The molecule has 0 N–H and O–H groups in total. The van der Waals surface area contributed by atoms with Gasteiger partial charge in [-0.25, -0.2) is 0 Å². The number of pyridine rings is 2. The van der Waals surface area contributed by atoms with Crippen LogP contribution in [0.1, 0.15) is 35.1 Å². The molecule has 2 amide bonds. The Morgan fingerprint density at radius 3 is 1.41 bits per heavy atom. The highest BCUT2D eigenvalue weighted by molar-refractivity contribution is 6.00. The van der Waals surface area contributed by atoms with Gasteiger partial charge in [-0.3, -0.25) is 19.6 Å². The van der Waals surface area contributed by atoms with Crippen LogP contribution in [0.4, 0.5) is 11.4 Å². The number of methoxy groups -OCH3 is 2. The summed E-state index contributed by atoms with van der Waals surface area (Å²) in [7, 11) is 3.35. The average molecular weight is 713 g/mol. The lowest BCUT2D eigenvalue weighted by molar-refractivity contribution is -0.119. The zero-order valence-corrected chi connectivity index (χ0v) is 30.5. The van der Waals surface area contributed by atoms with E-state index in [4.69, 9.17) is 9.47 Å². The van der Waals surface area contributed by atoms with Crippen LogP contribution in [0.2, 0.25) is 0 Å². The molecule has 10 rings (SSSR count). The van der Waals surface area contributed by atoms with Crippen LogP contribution in [0.25, 0.3) is 44.5 Å². The third-order valence-electron chi connectivity index (χ3n) is 11.1.